The van der Waals surface area contributed by atoms with Gasteiger partial charge < -0.3 is 19.3 Å². The van der Waals surface area contributed by atoms with Crippen molar-refractivity contribution in [2.75, 3.05) is 0 Å². The molecule has 1 amide bonds. The number of amides is 1. The predicted molar refractivity (Wildman–Crippen MR) is 136 cm³/mol. The molecular formula is C28H27ClN2O4. The highest BCUT2D eigenvalue weighted by atomic mass is 35.5. The zero-order valence-corrected chi connectivity index (χ0v) is 20.8. The molecule has 7 heteroatoms. The Balaban J connectivity index is 1.35. The average Bonchev–Trinajstić information content (AvgIpc) is 3.33. The minimum atomic E-state index is -0.314. The number of nitrogens with zero attached hydrogens (tertiary/aromatic N) is 1. The molecule has 4 rings (SSSR count). The quantitative estimate of drug-likeness (QED) is 0.284. The van der Waals surface area contributed by atoms with Crippen LogP contribution < -0.4 is 14.8 Å². The Labute approximate surface area is 209 Å². The third kappa shape index (κ3) is 6.03. The van der Waals surface area contributed by atoms with E-state index in [9.17, 15) is 4.79 Å². The van der Waals surface area contributed by atoms with Gasteiger partial charge in [-0.2, -0.15) is 0 Å². The summed E-state index contributed by atoms with van der Waals surface area (Å²) in [4.78, 5) is 12.6. The van der Waals surface area contributed by atoms with Gasteiger partial charge in [-0.15, -0.1) is 0 Å². The van der Waals surface area contributed by atoms with Crippen molar-refractivity contribution in [1.29, 1.82) is 0 Å². The molecule has 0 aliphatic carbocycles. The van der Waals surface area contributed by atoms with Gasteiger partial charge in [0.2, 0.25) is 0 Å². The predicted octanol–water partition coefficient (Wildman–Crippen LogP) is 7.12. The second-order valence-corrected chi connectivity index (χ2v) is 8.92. The van der Waals surface area contributed by atoms with Crippen molar-refractivity contribution >= 4 is 17.5 Å². The normalized spacial score (nSPS) is 10.9. The number of hydrogen-bond donors (Lipinski definition) is 1. The molecule has 0 bridgehead atoms. The minimum absolute atomic E-state index is 0.0935. The smallest absolute Gasteiger partial charge is 0.273 e. The lowest BCUT2D eigenvalue weighted by atomic mass is 10.1. The lowest BCUT2D eigenvalue weighted by molar-refractivity contribution is 0.0942. The highest BCUT2D eigenvalue weighted by Crippen LogP contribution is 2.30. The monoisotopic (exact) mass is 490 g/mol. The van der Waals surface area contributed by atoms with E-state index in [-0.39, 0.29) is 17.7 Å². The van der Waals surface area contributed by atoms with E-state index in [0.717, 1.165) is 28.0 Å². The van der Waals surface area contributed by atoms with Crippen LogP contribution in [0.3, 0.4) is 0 Å². The second kappa shape index (κ2) is 10.7. The number of carbonyl (C=O) groups is 1. The summed E-state index contributed by atoms with van der Waals surface area (Å²) < 4.78 is 17.1. The Morgan fingerprint density at radius 1 is 1.03 bits per heavy atom. The molecule has 0 unspecified atom stereocenters. The molecule has 0 saturated heterocycles. The molecule has 3 aromatic carbocycles. The Morgan fingerprint density at radius 2 is 1.80 bits per heavy atom. The van der Waals surface area contributed by atoms with Crippen molar-refractivity contribution in [1.82, 2.24) is 10.5 Å². The fourth-order valence-corrected chi connectivity index (χ4v) is 3.65. The molecule has 0 saturated carbocycles. The molecule has 0 atom stereocenters. The molecule has 180 valence electrons. The van der Waals surface area contributed by atoms with E-state index >= 15 is 0 Å². The largest absolute Gasteiger partial charge is 0.491 e. The molecule has 1 heterocycles. The van der Waals surface area contributed by atoms with Gasteiger partial charge in [0.1, 0.15) is 17.2 Å². The Kier molecular flexibility index (Phi) is 7.42. The number of aromatic nitrogens is 1. The first kappa shape index (κ1) is 24.4. The first-order valence-corrected chi connectivity index (χ1v) is 11.7. The number of hydrogen-bond acceptors (Lipinski definition) is 5. The number of nitrogens with one attached hydrogen (secondary N) is 1. The van der Waals surface area contributed by atoms with Crippen molar-refractivity contribution < 1.29 is 18.8 Å². The maximum Gasteiger partial charge on any atom is 0.273 e. The lowest BCUT2D eigenvalue weighted by Crippen LogP contribution is -2.22. The van der Waals surface area contributed by atoms with Crippen LogP contribution in [0.15, 0.2) is 71.3 Å². The Morgan fingerprint density at radius 3 is 2.51 bits per heavy atom. The van der Waals surface area contributed by atoms with E-state index in [0.29, 0.717) is 28.8 Å². The summed E-state index contributed by atoms with van der Waals surface area (Å²) in [5, 5.41) is 7.46. The fraction of sp³-hybridized carbons (Fsp3) is 0.214. The Bertz CT molecular complexity index is 1330. The zero-order chi connectivity index (χ0) is 24.9. The molecule has 0 radical (unpaired) electrons. The van der Waals surface area contributed by atoms with Crippen LogP contribution in [0.25, 0.3) is 11.3 Å². The number of rotatable bonds is 8. The summed E-state index contributed by atoms with van der Waals surface area (Å²) in [5.41, 5.74) is 3.84. The maximum absolute atomic E-state index is 12.6. The lowest BCUT2D eigenvalue weighted by Gasteiger charge is -2.12. The molecule has 0 aliphatic rings. The van der Waals surface area contributed by atoms with E-state index in [1.54, 1.807) is 6.07 Å². The van der Waals surface area contributed by atoms with Crippen molar-refractivity contribution in [2.45, 2.75) is 40.3 Å². The fourth-order valence-electron chi connectivity index (χ4n) is 3.48. The molecular weight excluding hydrogens is 464 g/mol. The number of aryl methyl sites for hydroxylation is 1. The molecule has 0 spiro atoms. The summed E-state index contributed by atoms with van der Waals surface area (Å²) in [6.07, 6.45) is 0.0935. The van der Waals surface area contributed by atoms with Crippen molar-refractivity contribution in [3.05, 3.63) is 94.1 Å². The number of benzene rings is 3. The summed E-state index contributed by atoms with van der Waals surface area (Å²) in [5.74, 6) is 2.42. The second-order valence-electron chi connectivity index (χ2n) is 8.51. The number of ether oxygens (including phenoxy) is 2. The summed E-state index contributed by atoms with van der Waals surface area (Å²) in [6.45, 7) is 8.20. The third-order valence-corrected chi connectivity index (χ3v) is 5.80. The van der Waals surface area contributed by atoms with Gasteiger partial charge in [0.05, 0.1) is 6.10 Å². The van der Waals surface area contributed by atoms with Crippen LogP contribution in [-0.4, -0.2) is 17.2 Å². The van der Waals surface area contributed by atoms with Gasteiger partial charge in [0, 0.05) is 28.8 Å². The van der Waals surface area contributed by atoms with Gasteiger partial charge in [-0.1, -0.05) is 35.0 Å². The van der Waals surface area contributed by atoms with Crippen LogP contribution in [0.2, 0.25) is 5.02 Å². The van der Waals surface area contributed by atoms with Crippen LogP contribution in [0.4, 0.5) is 0 Å². The zero-order valence-electron chi connectivity index (χ0n) is 20.1. The molecule has 35 heavy (non-hydrogen) atoms. The van der Waals surface area contributed by atoms with Crippen LogP contribution >= 0.6 is 11.6 Å². The van der Waals surface area contributed by atoms with Gasteiger partial charge in [0.25, 0.3) is 5.91 Å². The number of halogens is 1. The summed E-state index contributed by atoms with van der Waals surface area (Å²) in [7, 11) is 0. The van der Waals surface area contributed by atoms with Gasteiger partial charge in [0.15, 0.2) is 11.5 Å². The molecule has 6 nitrogen and oxygen atoms in total. The van der Waals surface area contributed by atoms with Gasteiger partial charge in [-0.05, 0) is 81.3 Å². The SMILES string of the molecule is Cc1cc(-c2cc(C(=O)NCc3ccc(Oc4cccc(Cl)c4C)cc3)no2)ccc1OC(C)C. The average molecular weight is 491 g/mol. The standard InChI is InChI=1S/C28H27ClN2O4/c1-17(2)33-25-13-10-21(14-18(25)3)27-15-24(31-35-27)28(32)30-16-20-8-11-22(12-9-20)34-26-7-5-6-23(29)19(26)4/h5-15,17H,16H2,1-4H3,(H,30,32). The van der Waals surface area contributed by atoms with Crippen LogP contribution in [-0.2, 0) is 6.54 Å². The highest BCUT2D eigenvalue weighted by molar-refractivity contribution is 6.31. The first-order valence-electron chi connectivity index (χ1n) is 11.3. The molecule has 0 fully saturated rings. The van der Waals surface area contributed by atoms with Crippen LogP contribution in [0.5, 0.6) is 17.2 Å². The van der Waals surface area contributed by atoms with E-state index in [1.807, 2.05) is 88.4 Å². The van der Waals surface area contributed by atoms with E-state index < -0.39 is 0 Å². The van der Waals surface area contributed by atoms with E-state index in [2.05, 4.69) is 10.5 Å². The molecule has 1 N–H and O–H groups in total. The third-order valence-electron chi connectivity index (χ3n) is 5.39. The maximum atomic E-state index is 12.6. The van der Waals surface area contributed by atoms with Gasteiger partial charge >= 0.3 is 0 Å². The van der Waals surface area contributed by atoms with Crippen LogP contribution in [0, 0.1) is 13.8 Å². The van der Waals surface area contributed by atoms with Crippen LogP contribution in [0.1, 0.15) is 41.0 Å². The molecule has 0 aliphatic heterocycles. The minimum Gasteiger partial charge on any atom is -0.491 e. The van der Waals surface area contributed by atoms with E-state index in [4.69, 9.17) is 25.6 Å². The van der Waals surface area contributed by atoms with Crippen molar-refractivity contribution in [3.63, 3.8) is 0 Å². The molecule has 4 aromatic rings. The highest BCUT2D eigenvalue weighted by Gasteiger charge is 2.15. The van der Waals surface area contributed by atoms with Gasteiger partial charge in [-0.25, -0.2) is 0 Å². The van der Waals surface area contributed by atoms with Crippen molar-refractivity contribution in [3.8, 4) is 28.6 Å². The first-order chi connectivity index (χ1) is 16.8. The summed E-state index contributed by atoms with van der Waals surface area (Å²) >= 11 is 6.16. The van der Waals surface area contributed by atoms with Crippen molar-refractivity contribution in [2.24, 2.45) is 0 Å². The Hall–Kier alpha value is -3.77. The van der Waals surface area contributed by atoms with Gasteiger partial charge in [-0.3, -0.25) is 4.79 Å². The van der Waals surface area contributed by atoms with E-state index in [1.165, 1.54) is 0 Å². The summed E-state index contributed by atoms with van der Waals surface area (Å²) in [6, 6.07) is 20.4. The molecule has 1 aromatic heterocycles. The number of carbonyl (C=O) groups excluding carboxylic acids is 1. The topological polar surface area (TPSA) is 73.6 Å².